The summed E-state index contributed by atoms with van der Waals surface area (Å²) in [6.07, 6.45) is 3.77. The molecule has 26 heavy (non-hydrogen) atoms. The minimum Gasteiger partial charge on any atom is -0.445 e. The molecular formula is C22H29BNO2. The molecule has 1 atom stereocenters. The van der Waals surface area contributed by atoms with Gasteiger partial charge in [0.2, 0.25) is 0 Å². The van der Waals surface area contributed by atoms with Crippen molar-refractivity contribution in [3.05, 3.63) is 71.3 Å². The molecule has 1 radical (unpaired) electrons. The first kappa shape index (κ1) is 20.1. The molecule has 3 nitrogen and oxygen atoms in total. The number of carbonyl (C=O) groups excluding carboxylic acids is 1. The van der Waals surface area contributed by atoms with E-state index in [0.29, 0.717) is 19.1 Å². The number of hydrogen-bond donors (Lipinski definition) is 1. The van der Waals surface area contributed by atoms with Gasteiger partial charge in [-0.25, -0.2) is 4.79 Å². The monoisotopic (exact) mass is 350 g/mol. The fourth-order valence-corrected chi connectivity index (χ4v) is 3.11. The van der Waals surface area contributed by atoms with Crippen LogP contribution in [0.5, 0.6) is 0 Å². The molecule has 1 amide bonds. The van der Waals surface area contributed by atoms with Crippen LogP contribution in [0.15, 0.2) is 54.6 Å². The van der Waals surface area contributed by atoms with Gasteiger partial charge in [-0.15, -0.1) is 0 Å². The van der Waals surface area contributed by atoms with Gasteiger partial charge in [0.05, 0.1) is 0 Å². The predicted octanol–water partition coefficient (Wildman–Crippen LogP) is 4.89. The largest absolute Gasteiger partial charge is 0.445 e. The third kappa shape index (κ3) is 7.34. The third-order valence-corrected chi connectivity index (χ3v) is 4.43. The molecule has 2 aromatic carbocycles. The van der Waals surface area contributed by atoms with E-state index in [2.05, 4.69) is 50.6 Å². The number of amides is 1. The highest BCUT2D eigenvalue weighted by atomic mass is 16.5. The van der Waals surface area contributed by atoms with Crippen molar-refractivity contribution >= 4 is 13.4 Å². The molecule has 2 aromatic rings. The van der Waals surface area contributed by atoms with Gasteiger partial charge in [0.25, 0.3) is 0 Å². The van der Waals surface area contributed by atoms with Crippen LogP contribution in [-0.2, 0) is 24.2 Å². The Kier molecular flexibility index (Phi) is 8.81. The predicted molar refractivity (Wildman–Crippen MR) is 109 cm³/mol. The first-order valence-corrected chi connectivity index (χ1v) is 9.48. The summed E-state index contributed by atoms with van der Waals surface area (Å²) >= 11 is 0. The van der Waals surface area contributed by atoms with Gasteiger partial charge in [-0.3, -0.25) is 0 Å². The Bertz CT molecular complexity index is 660. The maximum absolute atomic E-state index is 11.8. The average Bonchev–Trinajstić information content (AvgIpc) is 2.66. The van der Waals surface area contributed by atoms with Crippen molar-refractivity contribution in [1.29, 1.82) is 0 Å². The van der Waals surface area contributed by atoms with Crippen LogP contribution in [0, 0.1) is 5.92 Å². The fraction of sp³-hybridized carbons (Fsp3) is 0.409. The van der Waals surface area contributed by atoms with Gasteiger partial charge in [-0.2, -0.15) is 0 Å². The highest BCUT2D eigenvalue weighted by molar-refractivity contribution is 6.33. The van der Waals surface area contributed by atoms with E-state index in [1.165, 1.54) is 11.1 Å². The second-order valence-corrected chi connectivity index (χ2v) is 6.81. The van der Waals surface area contributed by atoms with Crippen LogP contribution in [0.25, 0.3) is 0 Å². The van der Waals surface area contributed by atoms with Crippen LogP contribution < -0.4 is 5.32 Å². The van der Waals surface area contributed by atoms with E-state index in [1.54, 1.807) is 0 Å². The second kappa shape index (κ2) is 11.4. The van der Waals surface area contributed by atoms with E-state index in [9.17, 15) is 4.79 Å². The van der Waals surface area contributed by atoms with E-state index in [1.807, 2.05) is 30.3 Å². The Morgan fingerprint density at radius 1 is 1.08 bits per heavy atom. The van der Waals surface area contributed by atoms with Crippen molar-refractivity contribution in [1.82, 2.24) is 5.32 Å². The zero-order valence-electron chi connectivity index (χ0n) is 15.9. The molecular weight excluding hydrogens is 321 g/mol. The number of alkyl carbamates (subject to hydrolysis) is 1. The second-order valence-electron chi connectivity index (χ2n) is 6.81. The molecule has 0 saturated heterocycles. The Hall–Kier alpha value is -2.23. The van der Waals surface area contributed by atoms with Crippen LogP contribution in [0.3, 0.4) is 0 Å². The van der Waals surface area contributed by atoms with Crippen molar-refractivity contribution in [2.75, 3.05) is 6.54 Å². The van der Waals surface area contributed by atoms with Gasteiger partial charge in [-0.1, -0.05) is 74.7 Å². The van der Waals surface area contributed by atoms with Crippen molar-refractivity contribution in [3.63, 3.8) is 0 Å². The fourth-order valence-electron chi connectivity index (χ4n) is 3.11. The lowest BCUT2D eigenvalue weighted by Gasteiger charge is -2.14. The van der Waals surface area contributed by atoms with E-state index >= 15 is 0 Å². The molecule has 137 valence electrons. The van der Waals surface area contributed by atoms with E-state index < -0.39 is 0 Å². The van der Waals surface area contributed by atoms with E-state index in [0.717, 1.165) is 31.1 Å². The zero-order chi connectivity index (χ0) is 18.6. The van der Waals surface area contributed by atoms with Crippen LogP contribution in [0.1, 0.15) is 30.0 Å². The number of benzene rings is 2. The van der Waals surface area contributed by atoms with Gasteiger partial charge in [0.1, 0.15) is 13.9 Å². The van der Waals surface area contributed by atoms with Crippen LogP contribution >= 0.6 is 0 Å². The molecule has 4 heteroatoms. The highest BCUT2D eigenvalue weighted by Crippen LogP contribution is 2.17. The first-order valence-electron chi connectivity index (χ1n) is 9.48. The Labute approximate surface area is 158 Å². The first-order chi connectivity index (χ1) is 12.7. The maximum Gasteiger partial charge on any atom is 0.407 e. The molecule has 0 aromatic heterocycles. The van der Waals surface area contributed by atoms with E-state index in [4.69, 9.17) is 4.74 Å². The van der Waals surface area contributed by atoms with Crippen molar-refractivity contribution in [3.8, 4) is 0 Å². The van der Waals surface area contributed by atoms with Gasteiger partial charge >= 0.3 is 6.09 Å². The molecule has 2 rings (SSSR count). The number of aryl methyl sites for hydroxylation is 1. The maximum atomic E-state index is 11.8. The Morgan fingerprint density at radius 3 is 2.50 bits per heavy atom. The molecule has 0 spiro atoms. The molecule has 0 saturated carbocycles. The van der Waals surface area contributed by atoms with Crippen LogP contribution in [0.4, 0.5) is 4.79 Å². The molecule has 0 aliphatic rings. The molecule has 1 N–H and O–H groups in total. The number of carbonyl (C=O) groups is 1. The quantitative estimate of drug-likeness (QED) is 0.489. The molecule has 0 heterocycles. The zero-order valence-corrected chi connectivity index (χ0v) is 15.9. The van der Waals surface area contributed by atoms with Gasteiger partial charge < -0.3 is 10.1 Å². The van der Waals surface area contributed by atoms with Gasteiger partial charge in [0, 0.05) is 6.54 Å². The topological polar surface area (TPSA) is 38.3 Å². The number of ether oxygens (including phenoxy) is 1. The van der Waals surface area contributed by atoms with Crippen molar-refractivity contribution in [2.45, 2.75) is 45.9 Å². The lowest BCUT2D eigenvalue weighted by Crippen LogP contribution is -2.25. The minimum atomic E-state index is -0.353. The standard InChI is InChI=1S/C22H29BNO2/c1-18(16-23-2)15-21-12-7-6-11-20(21)13-8-14-24-22(25)26-17-19-9-4-3-5-10-19/h3-7,9-12,18H,8,13-17H2,1-2H3,(H,24,25)/t18-/m0/s1. The number of nitrogens with one attached hydrogen (secondary N) is 1. The van der Waals surface area contributed by atoms with Crippen LogP contribution in [-0.4, -0.2) is 19.9 Å². The van der Waals surface area contributed by atoms with Crippen LogP contribution in [0.2, 0.25) is 13.1 Å². The molecule has 0 unspecified atom stereocenters. The molecule has 0 bridgehead atoms. The summed E-state index contributed by atoms with van der Waals surface area (Å²) in [6.45, 7) is 5.34. The number of hydrogen-bond acceptors (Lipinski definition) is 2. The smallest absolute Gasteiger partial charge is 0.407 e. The number of rotatable bonds is 10. The summed E-state index contributed by atoms with van der Waals surface area (Å²) in [5.74, 6) is 0.659. The Morgan fingerprint density at radius 2 is 1.77 bits per heavy atom. The molecule has 0 aliphatic heterocycles. The lowest BCUT2D eigenvalue weighted by atomic mass is 9.71. The van der Waals surface area contributed by atoms with Gasteiger partial charge in [0.15, 0.2) is 0 Å². The average molecular weight is 350 g/mol. The Balaban J connectivity index is 1.70. The minimum absolute atomic E-state index is 0.307. The summed E-state index contributed by atoms with van der Waals surface area (Å²) < 4.78 is 5.23. The van der Waals surface area contributed by atoms with E-state index in [-0.39, 0.29) is 6.09 Å². The summed E-state index contributed by atoms with van der Waals surface area (Å²) in [4.78, 5) is 11.8. The third-order valence-electron chi connectivity index (χ3n) is 4.43. The summed E-state index contributed by atoms with van der Waals surface area (Å²) in [5, 5.41) is 2.84. The summed E-state index contributed by atoms with van der Waals surface area (Å²) in [5.41, 5.74) is 3.80. The highest BCUT2D eigenvalue weighted by Gasteiger charge is 2.08. The lowest BCUT2D eigenvalue weighted by molar-refractivity contribution is 0.139. The molecule has 0 aliphatic carbocycles. The summed E-state index contributed by atoms with van der Waals surface area (Å²) in [6, 6.07) is 18.3. The van der Waals surface area contributed by atoms with Crippen molar-refractivity contribution < 1.29 is 9.53 Å². The normalized spacial score (nSPS) is 11.6. The van der Waals surface area contributed by atoms with Crippen molar-refractivity contribution in [2.24, 2.45) is 5.92 Å². The summed E-state index contributed by atoms with van der Waals surface area (Å²) in [7, 11) is 2.23. The SMILES string of the molecule is C[B]C[C@@H](C)Cc1ccccc1CCCNC(=O)OCc1ccccc1. The van der Waals surface area contributed by atoms with Gasteiger partial charge in [-0.05, 0) is 41.9 Å². The molecule has 0 fully saturated rings.